The standard InChI is InChI=1S/C16H18F3N3S/c1-23-14-5-2-12(3-6-14)10-20-8-9-21-15-7-4-13(11-22-15)16(17,18)19/h2-7,11,20H,8-10H2,1H3,(H,21,22). The fraction of sp³-hybridized carbons (Fsp3) is 0.312. The number of alkyl halides is 3. The third-order valence-corrected chi connectivity index (χ3v) is 3.93. The molecule has 1 aromatic heterocycles. The molecule has 0 aliphatic heterocycles. The van der Waals surface area contributed by atoms with E-state index < -0.39 is 11.7 Å². The Labute approximate surface area is 137 Å². The number of thioether (sulfide) groups is 1. The Morgan fingerprint density at radius 3 is 2.35 bits per heavy atom. The molecule has 23 heavy (non-hydrogen) atoms. The molecule has 1 aromatic carbocycles. The van der Waals surface area contributed by atoms with Gasteiger partial charge in [0.2, 0.25) is 0 Å². The van der Waals surface area contributed by atoms with Crippen molar-refractivity contribution in [3.8, 4) is 0 Å². The minimum atomic E-state index is -4.35. The van der Waals surface area contributed by atoms with Crippen LogP contribution in [0.1, 0.15) is 11.1 Å². The third kappa shape index (κ3) is 5.76. The highest BCUT2D eigenvalue weighted by molar-refractivity contribution is 7.98. The molecule has 0 fully saturated rings. The number of nitrogens with one attached hydrogen (secondary N) is 2. The van der Waals surface area contributed by atoms with Crippen LogP contribution >= 0.6 is 11.8 Å². The Hall–Kier alpha value is -1.73. The predicted molar refractivity (Wildman–Crippen MR) is 87.7 cm³/mol. The van der Waals surface area contributed by atoms with Crippen LogP contribution in [0.25, 0.3) is 0 Å². The molecule has 0 atom stereocenters. The van der Waals surface area contributed by atoms with Crippen LogP contribution in [0.2, 0.25) is 0 Å². The maximum Gasteiger partial charge on any atom is 0.417 e. The van der Waals surface area contributed by atoms with Gasteiger partial charge in [-0.1, -0.05) is 12.1 Å². The first kappa shape index (κ1) is 17.6. The second kappa shape index (κ2) is 8.21. The maximum atomic E-state index is 12.4. The van der Waals surface area contributed by atoms with Gasteiger partial charge in [0, 0.05) is 30.7 Å². The Morgan fingerprint density at radius 1 is 1.04 bits per heavy atom. The van der Waals surface area contributed by atoms with Crippen LogP contribution < -0.4 is 10.6 Å². The van der Waals surface area contributed by atoms with E-state index in [-0.39, 0.29) is 0 Å². The lowest BCUT2D eigenvalue weighted by Gasteiger charge is -2.09. The van der Waals surface area contributed by atoms with Crippen molar-refractivity contribution in [1.29, 1.82) is 0 Å². The van der Waals surface area contributed by atoms with Crippen LogP contribution in [0, 0.1) is 0 Å². The number of anilines is 1. The number of hydrogen-bond acceptors (Lipinski definition) is 4. The summed E-state index contributed by atoms with van der Waals surface area (Å²) in [5, 5.41) is 6.25. The van der Waals surface area contributed by atoms with Gasteiger partial charge in [-0.2, -0.15) is 13.2 Å². The molecule has 0 aliphatic rings. The summed E-state index contributed by atoms with van der Waals surface area (Å²) in [4.78, 5) is 4.98. The topological polar surface area (TPSA) is 37.0 Å². The quantitative estimate of drug-likeness (QED) is 0.589. The number of aromatic nitrogens is 1. The van der Waals surface area contributed by atoms with Gasteiger partial charge < -0.3 is 10.6 Å². The van der Waals surface area contributed by atoms with Gasteiger partial charge in [-0.25, -0.2) is 4.98 Å². The third-order valence-electron chi connectivity index (χ3n) is 3.19. The van der Waals surface area contributed by atoms with E-state index in [2.05, 4.69) is 39.9 Å². The average molecular weight is 341 g/mol. The zero-order valence-electron chi connectivity index (χ0n) is 12.7. The molecule has 0 amide bonds. The van der Waals surface area contributed by atoms with Crippen LogP contribution in [0.15, 0.2) is 47.5 Å². The number of rotatable bonds is 7. The summed E-state index contributed by atoms with van der Waals surface area (Å²) >= 11 is 1.70. The summed E-state index contributed by atoms with van der Waals surface area (Å²) in [7, 11) is 0. The van der Waals surface area contributed by atoms with E-state index in [4.69, 9.17) is 0 Å². The minimum Gasteiger partial charge on any atom is -0.369 e. The average Bonchev–Trinajstić information content (AvgIpc) is 2.55. The van der Waals surface area contributed by atoms with Crippen LogP contribution in [0.5, 0.6) is 0 Å². The monoisotopic (exact) mass is 341 g/mol. The van der Waals surface area contributed by atoms with Crippen LogP contribution in [0.3, 0.4) is 0 Å². The van der Waals surface area contributed by atoms with E-state index in [1.807, 2.05) is 6.26 Å². The highest BCUT2D eigenvalue weighted by Gasteiger charge is 2.30. The smallest absolute Gasteiger partial charge is 0.369 e. The molecule has 2 aromatic rings. The molecule has 0 spiro atoms. The zero-order valence-corrected chi connectivity index (χ0v) is 13.5. The maximum absolute atomic E-state index is 12.4. The van der Waals surface area contributed by atoms with Gasteiger partial charge in [0.05, 0.1) is 5.56 Å². The van der Waals surface area contributed by atoms with Crippen molar-refractivity contribution in [3.05, 3.63) is 53.7 Å². The Balaban J connectivity index is 1.68. The van der Waals surface area contributed by atoms with E-state index in [0.717, 1.165) is 18.8 Å². The molecular formula is C16H18F3N3S. The lowest BCUT2D eigenvalue weighted by molar-refractivity contribution is -0.137. The molecule has 7 heteroatoms. The first-order valence-corrected chi connectivity index (χ1v) is 8.32. The largest absolute Gasteiger partial charge is 0.417 e. The van der Waals surface area contributed by atoms with Gasteiger partial charge in [-0.05, 0) is 36.1 Å². The Morgan fingerprint density at radius 2 is 1.78 bits per heavy atom. The Kier molecular flexibility index (Phi) is 6.29. The lowest BCUT2D eigenvalue weighted by atomic mass is 10.2. The van der Waals surface area contributed by atoms with E-state index in [0.29, 0.717) is 18.9 Å². The highest BCUT2D eigenvalue weighted by Crippen LogP contribution is 2.28. The second-order valence-corrected chi connectivity index (χ2v) is 5.76. The predicted octanol–water partition coefficient (Wildman–Crippen LogP) is 4.02. The van der Waals surface area contributed by atoms with E-state index in [1.54, 1.807) is 11.8 Å². The number of benzene rings is 1. The molecule has 0 saturated carbocycles. The zero-order chi connectivity index (χ0) is 16.7. The molecule has 0 aliphatic carbocycles. The van der Waals surface area contributed by atoms with Crippen LogP contribution in [-0.2, 0) is 12.7 Å². The fourth-order valence-electron chi connectivity index (χ4n) is 1.92. The number of pyridine rings is 1. The molecule has 0 bridgehead atoms. The van der Waals surface area contributed by atoms with Crippen molar-refractivity contribution in [3.63, 3.8) is 0 Å². The van der Waals surface area contributed by atoms with Crippen molar-refractivity contribution in [2.75, 3.05) is 24.7 Å². The van der Waals surface area contributed by atoms with Gasteiger partial charge >= 0.3 is 6.18 Å². The fourth-order valence-corrected chi connectivity index (χ4v) is 2.33. The van der Waals surface area contributed by atoms with Crippen molar-refractivity contribution in [2.24, 2.45) is 0 Å². The second-order valence-electron chi connectivity index (χ2n) is 4.88. The summed E-state index contributed by atoms with van der Waals surface area (Å²) in [5.74, 6) is 0.434. The SMILES string of the molecule is CSc1ccc(CNCCNc2ccc(C(F)(F)F)cn2)cc1. The minimum absolute atomic E-state index is 0.434. The van der Waals surface area contributed by atoms with Gasteiger partial charge in [-0.3, -0.25) is 0 Å². The Bertz CT molecular complexity index is 597. The summed E-state index contributed by atoms with van der Waals surface area (Å²) in [6.07, 6.45) is -1.48. The molecule has 0 saturated heterocycles. The highest BCUT2D eigenvalue weighted by atomic mass is 32.2. The van der Waals surface area contributed by atoms with E-state index in [9.17, 15) is 13.2 Å². The molecule has 2 rings (SSSR count). The molecule has 0 radical (unpaired) electrons. The van der Waals surface area contributed by atoms with Gasteiger partial charge in [0.1, 0.15) is 5.82 Å². The summed E-state index contributed by atoms with van der Waals surface area (Å²) in [5.41, 5.74) is 0.449. The summed E-state index contributed by atoms with van der Waals surface area (Å²) in [6.45, 7) is 2.02. The number of nitrogens with zero attached hydrogens (tertiary/aromatic N) is 1. The normalized spacial score (nSPS) is 11.5. The molecule has 3 nitrogen and oxygen atoms in total. The van der Waals surface area contributed by atoms with Crippen LogP contribution in [-0.4, -0.2) is 24.3 Å². The summed E-state index contributed by atoms with van der Waals surface area (Å²) in [6, 6.07) is 10.7. The van der Waals surface area contributed by atoms with Gasteiger partial charge in [0.15, 0.2) is 0 Å². The molecule has 1 heterocycles. The first-order chi connectivity index (χ1) is 11.0. The molecule has 2 N–H and O–H groups in total. The first-order valence-electron chi connectivity index (χ1n) is 7.10. The van der Waals surface area contributed by atoms with Gasteiger partial charge in [-0.15, -0.1) is 11.8 Å². The lowest BCUT2D eigenvalue weighted by Crippen LogP contribution is -2.22. The van der Waals surface area contributed by atoms with E-state index >= 15 is 0 Å². The summed E-state index contributed by atoms with van der Waals surface area (Å²) < 4.78 is 37.2. The number of hydrogen-bond donors (Lipinski definition) is 2. The van der Waals surface area contributed by atoms with Crippen molar-refractivity contribution >= 4 is 17.6 Å². The van der Waals surface area contributed by atoms with Crippen LogP contribution in [0.4, 0.5) is 19.0 Å². The van der Waals surface area contributed by atoms with Gasteiger partial charge in [0.25, 0.3) is 0 Å². The molecule has 124 valence electrons. The van der Waals surface area contributed by atoms with Crippen molar-refractivity contribution in [1.82, 2.24) is 10.3 Å². The van der Waals surface area contributed by atoms with Crippen molar-refractivity contribution < 1.29 is 13.2 Å². The van der Waals surface area contributed by atoms with Crippen molar-refractivity contribution in [2.45, 2.75) is 17.6 Å². The van der Waals surface area contributed by atoms with E-state index in [1.165, 1.54) is 16.5 Å². The molecule has 0 unspecified atom stereocenters. The number of halogens is 3. The molecular weight excluding hydrogens is 323 g/mol.